The maximum Gasteiger partial charge on any atom is 0.324 e. The van der Waals surface area contributed by atoms with Crippen LogP contribution in [0.3, 0.4) is 0 Å². The van der Waals surface area contributed by atoms with E-state index in [2.05, 4.69) is 4.74 Å². The van der Waals surface area contributed by atoms with Gasteiger partial charge in [-0.1, -0.05) is 0 Å². The number of aliphatic carboxylic acids is 1. The van der Waals surface area contributed by atoms with E-state index in [9.17, 15) is 24.6 Å². The van der Waals surface area contributed by atoms with Crippen molar-refractivity contribution < 1.29 is 44.7 Å². The molecule has 0 aromatic heterocycles. The lowest BCUT2D eigenvalue weighted by Crippen LogP contribution is -2.49. The number of hydrogen-bond acceptors (Lipinski definition) is 9. The van der Waals surface area contributed by atoms with Gasteiger partial charge in [-0.05, 0) is 0 Å². The Balaban J connectivity index is 4.65. The van der Waals surface area contributed by atoms with E-state index < -0.39 is 55.4 Å². The average Bonchev–Trinajstić information content (AvgIpc) is 2.40. The minimum absolute atomic E-state index is 0.0244. The zero-order chi connectivity index (χ0) is 15.9. The van der Waals surface area contributed by atoms with Crippen LogP contribution < -0.4 is 5.73 Å². The van der Waals surface area contributed by atoms with Gasteiger partial charge in [-0.2, -0.15) is 0 Å². The molecule has 0 aliphatic rings. The molecule has 0 aliphatic carbocycles. The van der Waals surface area contributed by atoms with Gasteiger partial charge in [0, 0.05) is 0 Å². The zero-order valence-electron chi connectivity index (χ0n) is 10.3. The van der Waals surface area contributed by atoms with Gasteiger partial charge in [0.15, 0.2) is 12.4 Å². The molecule has 0 spiro atoms. The van der Waals surface area contributed by atoms with Crippen molar-refractivity contribution in [3.05, 3.63) is 0 Å². The SMILES string of the molecule is N[C@@H](CC(=O)O)C(=O)O[C@@H](C=O)[C@@H](O)[C@@H](O)[C@H](O)CO. The van der Waals surface area contributed by atoms with Crippen LogP contribution in [0.2, 0.25) is 0 Å². The molecule has 0 aliphatic heterocycles. The van der Waals surface area contributed by atoms with E-state index in [1.807, 2.05) is 0 Å². The second kappa shape index (κ2) is 8.55. The predicted molar refractivity (Wildman–Crippen MR) is 61.3 cm³/mol. The molecule has 20 heavy (non-hydrogen) atoms. The summed E-state index contributed by atoms with van der Waals surface area (Å²) < 4.78 is 4.44. The predicted octanol–water partition coefficient (Wildman–Crippen LogP) is -4.03. The van der Waals surface area contributed by atoms with Gasteiger partial charge >= 0.3 is 11.9 Å². The summed E-state index contributed by atoms with van der Waals surface area (Å²) in [6, 6.07) is -1.55. The van der Waals surface area contributed by atoms with Gasteiger partial charge in [0.05, 0.1) is 13.0 Å². The topological polar surface area (TPSA) is 188 Å². The van der Waals surface area contributed by atoms with Crippen LogP contribution in [-0.4, -0.2) is 80.8 Å². The van der Waals surface area contributed by atoms with Crippen molar-refractivity contribution in [2.45, 2.75) is 36.9 Å². The van der Waals surface area contributed by atoms with Crippen LogP contribution in [0.25, 0.3) is 0 Å². The summed E-state index contributed by atoms with van der Waals surface area (Å²) in [6.07, 6.45) is -8.34. The van der Waals surface area contributed by atoms with Crippen LogP contribution in [0, 0.1) is 0 Å². The quantitative estimate of drug-likeness (QED) is 0.180. The van der Waals surface area contributed by atoms with Crippen molar-refractivity contribution in [3.63, 3.8) is 0 Å². The molecule has 10 nitrogen and oxygen atoms in total. The van der Waals surface area contributed by atoms with Crippen LogP contribution in [0.15, 0.2) is 0 Å². The summed E-state index contributed by atoms with van der Waals surface area (Å²) in [4.78, 5) is 32.4. The number of carbonyl (C=O) groups is 3. The van der Waals surface area contributed by atoms with E-state index >= 15 is 0 Å². The molecule has 0 unspecified atom stereocenters. The highest BCUT2D eigenvalue weighted by atomic mass is 16.6. The number of hydrogen-bond donors (Lipinski definition) is 6. The molecule has 7 N–H and O–H groups in total. The minimum atomic E-state index is -2.00. The first-order valence-corrected chi connectivity index (χ1v) is 5.52. The Hall–Kier alpha value is -1.59. The molecule has 0 saturated carbocycles. The molecule has 0 heterocycles. The van der Waals surface area contributed by atoms with Crippen LogP contribution in [0.4, 0.5) is 0 Å². The third-order valence-electron chi connectivity index (χ3n) is 2.35. The van der Waals surface area contributed by atoms with Crippen LogP contribution in [-0.2, 0) is 19.1 Å². The van der Waals surface area contributed by atoms with E-state index in [1.165, 1.54) is 0 Å². The number of aliphatic hydroxyl groups excluding tert-OH is 4. The summed E-state index contributed by atoms with van der Waals surface area (Å²) in [5.74, 6) is -2.64. The number of carboxylic acids is 1. The second-order valence-electron chi connectivity index (χ2n) is 3.97. The molecule has 10 heteroatoms. The molecule has 0 rings (SSSR count). The van der Waals surface area contributed by atoms with E-state index in [0.29, 0.717) is 0 Å². The first-order valence-electron chi connectivity index (χ1n) is 5.52. The molecule has 0 aromatic rings. The number of aliphatic hydroxyl groups is 4. The molecule has 0 aromatic carbocycles. The fourth-order valence-electron chi connectivity index (χ4n) is 1.20. The van der Waals surface area contributed by atoms with Gasteiger partial charge < -0.3 is 36.0 Å². The summed E-state index contributed by atoms with van der Waals surface area (Å²) in [5, 5.41) is 44.9. The third kappa shape index (κ3) is 5.59. The first-order chi connectivity index (χ1) is 9.24. The lowest BCUT2D eigenvalue weighted by Gasteiger charge is -2.26. The molecule has 0 fully saturated rings. The molecule has 0 bridgehead atoms. The normalized spacial score (nSPS) is 18.4. The Bertz CT molecular complexity index is 348. The number of ether oxygens (including phenoxy) is 1. The molecular weight excluding hydrogens is 278 g/mol. The summed E-state index contributed by atoms with van der Waals surface area (Å²) in [7, 11) is 0. The number of carboxylic acid groups (broad SMARTS) is 1. The number of carbonyl (C=O) groups excluding carboxylic acids is 2. The highest BCUT2D eigenvalue weighted by Crippen LogP contribution is 2.08. The third-order valence-corrected chi connectivity index (χ3v) is 2.35. The smallest absolute Gasteiger partial charge is 0.324 e. The Morgan fingerprint density at radius 1 is 1.20 bits per heavy atom. The van der Waals surface area contributed by atoms with Gasteiger partial charge in [-0.25, -0.2) is 0 Å². The highest BCUT2D eigenvalue weighted by molar-refractivity contribution is 5.82. The van der Waals surface area contributed by atoms with Gasteiger partial charge in [0.25, 0.3) is 0 Å². The molecule has 116 valence electrons. The standard InChI is InChI=1S/C10H17NO9/c11-4(1-7(15)16)10(19)20-6(3-13)9(18)8(17)5(14)2-12/h3-6,8-9,12,14,17-18H,1-2,11H2,(H,15,16)/t4-,5+,6-,8-,9+/m0/s1. The van der Waals surface area contributed by atoms with E-state index in [4.69, 9.17) is 21.1 Å². The monoisotopic (exact) mass is 295 g/mol. The molecule has 0 amide bonds. The molecule has 0 radical (unpaired) electrons. The van der Waals surface area contributed by atoms with Gasteiger partial charge in [-0.15, -0.1) is 0 Å². The number of aldehydes is 1. The lowest BCUT2D eigenvalue weighted by atomic mass is 10.0. The van der Waals surface area contributed by atoms with Crippen molar-refractivity contribution in [2.24, 2.45) is 5.73 Å². The van der Waals surface area contributed by atoms with Crippen molar-refractivity contribution in [2.75, 3.05) is 6.61 Å². The molecular formula is C10H17NO9. The Kier molecular flexibility index (Phi) is 7.87. The van der Waals surface area contributed by atoms with E-state index in [-0.39, 0.29) is 6.29 Å². The lowest BCUT2D eigenvalue weighted by molar-refractivity contribution is -0.170. The van der Waals surface area contributed by atoms with Crippen molar-refractivity contribution in [3.8, 4) is 0 Å². The van der Waals surface area contributed by atoms with Crippen molar-refractivity contribution in [1.29, 1.82) is 0 Å². The molecule has 5 atom stereocenters. The Morgan fingerprint density at radius 3 is 2.15 bits per heavy atom. The number of esters is 1. The number of rotatable bonds is 9. The van der Waals surface area contributed by atoms with Gasteiger partial charge in [0.2, 0.25) is 0 Å². The average molecular weight is 295 g/mol. The van der Waals surface area contributed by atoms with Gasteiger partial charge in [-0.3, -0.25) is 14.4 Å². The summed E-state index contributed by atoms with van der Waals surface area (Å²) >= 11 is 0. The largest absolute Gasteiger partial charge is 0.481 e. The zero-order valence-corrected chi connectivity index (χ0v) is 10.3. The number of nitrogens with two attached hydrogens (primary N) is 1. The van der Waals surface area contributed by atoms with E-state index in [0.717, 1.165) is 0 Å². The minimum Gasteiger partial charge on any atom is -0.481 e. The maximum absolute atomic E-state index is 11.3. The molecule has 0 saturated heterocycles. The van der Waals surface area contributed by atoms with Crippen LogP contribution >= 0.6 is 0 Å². The highest BCUT2D eigenvalue weighted by Gasteiger charge is 2.34. The summed E-state index contributed by atoms with van der Waals surface area (Å²) in [6.45, 7) is -0.893. The fourth-order valence-corrected chi connectivity index (χ4v) is 1.20. The fraction of sp³-hybridized carbons (Fsp3) is 0.700. The van der Waals surface area contributed by atoms with Crippen LogP contribution in [0.1, 0.15) is 6.42 Å². The van der Waals surface area contributed by atoms with Gasteiger partial charge in [0.1, 0.15) is 24.4 Å². The Morgan fingerprint density at radius 2 is 1.75 bits per heavy atom. The maximum atomic E-state index is 11.3. The van der Waals surface area contributed by atoms with Crippen molar-refractivity contribution in [1.82, 2.24) is 0 Å². The van der Waals surface area contributed by atoms with Crippen LogP contribution in [0.5, 0.6) is 0 Å². The van der Waals surface area contributed by atoms with Crippen molar-refractivity contribution >= 4 is 18.2 Å². The first kappa shape index (κ1) is 18.4. The second-order valence-corrected chi connectivity index (χ2v) is 3.97. The summed E-state index contributed by atoms with van der Waals surface area (Å²) in [5.41, 5.74) is 5.18. The Labute approximate surface area is 113 Å². The van der Waals surface area contributed by atoms with E-state index in [1.54, 1.807) is 0 Å².